The standard InChI is InChI=1S/C22H43N3O4/c1-13(2)20(10,23)16(26)24-21(11,14(3)4)17(27)25-22(12,15(5)6)18(28)29-19(7,8)9/h13-15H,23H2,1-12H3,(H,24,26)(H,25,27)/t20-,21-,22-/m0/s1. The number of nitrogens with one attached hydrogen (secondary N) is 2. The number of carbonyl (C=O) groups is 3. The molecule has 0 aromatic heterocycles. The topological polar surface area (TPSA) is 111 Å². The second-order valence-corrected chi connectivity index (χ2v) is 10.6. The molecule has 7 nitrogen and oxygen atoms in total. The molecule has 29 heavy (non-hydrogen) atoms. The average molecular weight is 414 g/mol. The molecule has 0 aromatic rings. The van der Waals surface area contributed by atoms with Gasteiger partial charge >= 0.3 is 5.97 Å². The highest BCUT2D eigenvalue weighted by Crippen LogP contribution is 2.26. The molecule has 2 amide bonds. The molecule has 0 aliphatic heterocycles. The van der Waals surface area contributed by atoms with Gasteiger partial charge in [-0.1, -0.05) is 41.5 Å². The minimum Gasteiger partial charge on any atom is -0.458 e. The zero-order chi connectivity index (χ0) is 23.6. The Morgan fingerprint density at radius 3 is 1.38 bits per heavy atom. The summed E-state index contributed by atoms with van der Waals surface area (Å²) in [7, 11) is 0. The van der Waals surface area contributed by atoms with Crippen LogP contribution in [0.2, 0.25) is 0 Å². The van der Waals surface area contributed by atoms with E-state index >= 15 is 0 Å². The molecule has 0 aromatic carbocycles. The Bertz CT molecular complexity index is 620. The zero-order valence-electron chi connectivity index (χ0n) is 20.4. The van der Waals surface area contributed by atoms with Crippen LogP contribution >= 0.6 is 0 Å². The first-order chi connectivity index (χ1) is 12.7. The molecule has 0 bridgehead atoms. The predicted octanol–water partition coefficient (Wildman–Crippen LogP) is 2.76. The molecule has 0 saturated heterocycles. The molecule has 3 atom stereocenters. The van der Waals surface area contributed by atoms with Crippen molar-refractivity contribution in [3.63, 3.8) is 0 Å². The van der Waals surface area contributed by atoms with E-state index in [1.165, 1.54) is 0 Å². The van der Waals surface area contributed by atoms with E-state index < -0.39 is 40.0 Å². The van der Waals surface area contributed by atoms with Gasteiger partial charge in [-0.15, -0.1) is 0 Å². The Morgan fingerprint density at radius 2 is 1.07 bits per heavy atom. The summed E-state index contributed by atoms with van der Waals surface area (Å²) >= 11 is 0. The maximum atomic E-state index is 13.4. The van der Waals surface area contributed by atoms with Crippen molar-refractivity contribution in [3.8, 4) is 0 Å². The van der Waals surface area contributed by atoms with Crippen LogP contribution in [0.1, 0.15) is 83.1 Å². The summed E-state index contributed by atoms with van der Waals surface area (Å²) in [4.78, 5) is 39.1. The van der Waals surface area contributed by atoms with Gasteiger partial charge in [0.05, 0.1) is 5.54 Å². The van der Waals surface area contributed by atoms with Crippen LogP contribution in [-0.4, -0.2) is 40.0 Å². The third kappa shape index (κ3) is 6.43. The van der Waals surface area contributed by atoms with Gasteiger partial charge < -0.3 is 21.1 Å². The van der Waals surface area contributed by atoms with E-state index in [0.29, 0.717) is 0 Å². The van der Waals surface area contributed by atoms with E-state index in [2.05, 4.69) is 10.6 Å². The highest BCUT2D eigenvalue weighted by Gasteiger charge is 2.48. The lowest BCUT2D eigenvalue weighted by Gasteiger charge is -2.41. The van der Waals surface area contributed by atoms with Crippen LogP contribution in [0.3, 0.4) is 0 Å². The smallest absolute Gasteiger partial charge is 0.332 e. The van der Waals surface area contributed by atoms with Gasteiger partial charge in [-0.2, -0.15) is 0 Å². The van der Waals surface area contributed by atoms with E-state index in [9.17, 15) is 14.4 Å². The molecule has 0 aliphatic carbocycles. The Balaban J connectivity index is 5.89. The number of esters is 1. The summed E-state index contributed by atoms with van der Waals surface area (Å²) in [6.45, 7) is 21.3. The van der Waals surface area contributed by atoms with Crippen LogP contribution in [0.5, 0.6) is 0 Å². The molecule has 0 spiro atoms. The second-order valence-electron chi connectivity index (χ2n) is 10.6. The predicted molar refractivity (Wildman–Crippen MR) is 116 cm³/mol. The van der Waals surface area contributed by atoms with Crippen LogP contribution in [0, 0.1) is 17.8 Å². The lowest BCUT2D eigenvalue weighted by molar-refractivity contribution is -0.166. The van der Waals surface area contributed by atoms with Crippen LogP contribution < -0.4 is 16.4 Å². The number of ether oxygens (including phenoxy) is 1. The number of hydrogen-bond acceptors (Lipinski definition) is 5. The van der Waals surface area contributed by atoms with Gasteiger partial charge in [-0.3, -0.25) is 9.59 Å². The number of amides is 2. The summed E-state index contributed by atoms with van der Waals surface area (Å²) in [5.41, 5.74) is 1.85. The minimum atomic E-state index is -1.26. The summed E-state index contributed by atoms with van der Waals surface area (Å²) < 4.78 is 5.54. The Hall–Kier alpha value is -1.63. The van der Waals surface area contributed by atoms with E-state index in [0.717, 1.165) is 0 Å². The summed E-state index contributed by atoms with van der Waals surface area (Å²) in [6, 6.07) is 0. The van der Waals surface area contributed by atoms with Crippen molar-refractivity contribution in [2.75, 3.05) is 0 Å². The molecule has 4 N–H and O–H groups in total. The molecule has 0 rings (SSSR count). The molecule has 170 valence electrons. The van der Waals surface area contributed by atoms with Gasteiger partial charge in [-0.25, -0.2) is 4.79 Å². The van der Waals surface area contributed by atoms with Crippen molar-refractivity contribution in [3.05, 3.63) is 0 Å². The van der Waals surface area contributed by atoms with Gasteiger partial charge in [0, 0.05) is 0 Å². The Labute approximate surface area is 176 Å². The van der Waals surface area contributed by atoms with Crippen molar-refractivity contribution in [2.45, 2.75) is 105 Å². The number of nitrogens with two attached hydrogens (primary N) is 1. The fourth-order valence-electron chi connectivity index (χ4n) is 2.28. The van der Waals surface area contributed by atoms with Gasteiger partial charge in [-0.05, 0) is 59.3 Å². The van der Waals surface area contributed by atoms with Gasteiger partial charge in [0.1, 0.15) is 16.7 Å². The van der Waals surface area contributed by atoms with Gasteiger partial charge in [0.15, 0.2) is 0 Å². The van der Waals surface area contributed by atoms with Crippen LogP contribution in [0.15, 0.2) is 0 Å². The van der Waals surface area contributed by atoms with Gasteiger partial charge in [0.25, 0.3) is 0 Å². The lowest BCUT2D eigenvalue weighted by Crippen LogP contribution is -2.69. The first-order valence-electron chi connectivity index (χ1n) is 10.4. The van der Waals surface area contributed by atoms with E-state index in [1.807, 2.05) is 41.5 Å². The third-order valence-corrected chi connectivity index (χ3v) is 6.04. The maximum absolute atomic E-state index is 13.4. The molecule has 0 aliphatic rings. The number of rotatable bonds is 8. The monoisotopic (exact) mass is 413 g/mol. The Morgan fingerprint density at radius 1 is 0.690 bits per heavy atom. The lowest BCUT2D eigenvalue weighted by atomic mass is 9.81. The fourth-order valence-corrected chi connectivity index (χ4v) is 2.28. The first-order valence-corrected chi connectivity index (χ1v) is 10.4. The van der Waals surface area contributed by atoms with Crippen molar-refractivity contribution in [1.82, 2.24) is 10.6 Å². The van der Waals surface area contributed by atoms with E-state index in [4.69, 9.17) is 10.5 Å². The quantitative estimate of drug-likeness (QED) is 0.530. The molecule has 0 radical (unpaired) electrons. The zero-order valence-corrected chi connectivity index (χ0v) is 20.4. The van der Waals surface area contributed by atoms with E-state index in [-0.39, 0.29) is 17.8 Å². The molecule has 0 saturated carbocycles. The number of carbonyl (C=O) groups excluding carboxylic acids is 3. The second kappa shape index (κ2) is 9.02. The minimum absolute atomic E-state index is 0.121. The highest BCUT2D eigenvalue weighted by atomic mass is 16.6. The average Bonchev–Trinajstić information content (AvgIpc) is 2.51. The largest absolute Gasteiger partial charge is 0.458 e. The summed E-state index contributed by atoms with van der Waals surface area (Å²) in [5, 5.41) is 5.69. The highest BCUT2D eigenvalue weighted by molar-refractivity contribution is 5.97. The molecule has 7 heteroatoms. The SMILES string of the molecule is CC(C)[C@](C)(N)C(=O)N[C@](C)(C(=O)N[C@](C)(C(=O)OC(C)(C)C)C(C)C)C(C)C. The van der Waals surface area contributed by atoms with Crippen molar-refractivity contribution in [2.24, 2.45) is 23.5 Å². The number of hydrogen-bond donors (Lipinski definition) is 3. The molecule has 0 fully saturated rings. The molecular weight excluding hydrogens is 370 g/mol. The molecule has 0 unspecified atom stereocenters. The summed E-state index contributed by atoms with van der Waals surface area (Å²) in [6.07, 6.45) is 0. The van der Waals surface area contributed by atoms with E-state index in [1.54, 1.807) is 41.5 Å². The van der Waals surface area contributed by atoms with Gasteiger partial charge in [0.2, 0.25) is 11.8 Å². The van der Waals surface area contributed by atoms with Crippen LogP contribution in [-0.2, 0) is 19.1 Å². The van der Waals surface area contributed by atoms with Crippen LogP contribution in [0.4, 0.5) is 0 Å². The molecular formula is C22H43N3O4. The van der Waals surface area contributed by atoms with Crippen molar-refractivity contribution >= 4 is 17.8 Å². The van der Waals surface area contributed by atoms with Crippen molar-refractivity contribution in [1.29, 1.82) is 0 Å². The third-order valence-electron chi connectivity index (χ3n) is 6.04. The van der Waals surface area contributed by atoms with Crippen LogP contribution in [0.25, 0.3) is 0 Å². The molecule has 0 heterocycles. The normalized spacial score (nSPS) is 18.6. The Kier molecular flexibility index (Phi) is 8.52. The van der Waals surface area contributed by atoms with Crippen molar-refractivity contribution < 1.29 is 19.1 Å². The summed E-state index contributed by atoms with van der Waals surface area (Å²) in [5.74, 6) is -1.99. The maximum Gasteiger partial charge on any atom is 0.332 e. The first kappa shape index (κ1) is 27.4. The fraction of sp³-hybridized carbons (Fsp3) is 0.864.